The Bertz CT molecular complexity index is 1240. The Morgan fingerprint density at radius 2 is 1.53 bits per heavy atom. The van der Waals surface area contributed by atoms with Gasteiger partial charge in [0.1, 0.15) is 7.05 Å². The second-order valence-electron chi connectivity index (χ2n) is 10.1. The van der Waals surface area contributed by atoms with Crippen molar-refractivity contribution in [3.05, 3.63) is 78.0 Å². The summed E-state index contributed by atoms with van der Waals surface area (Å²) < 4.78 is 2.28. The molecule has 0 unspecified atom stereocenters. The van der Waals surface area contributed by atoms with E-state index in [1.54, 1.807) is 0 Å². The van der Waals surface area contributed by atoms with Crippen LogP contribution in [0.5, 0.6) is 0 Å². The molecule has 1 fully saturated rings. The van der Waals surface area contributed by atoms with Crippen LogP contribution in [0, 0.1) is 12.3 Å². The molecule has 1 aliphatic rings. The van der Waals surface area contributed by atoms with Gasteiger partial charge in [-0.25, -0.2) is 4.57 Å². The van der Waals surface area contributed by atoms with Crippen LogP contribution in [0.1, 0.15) is 56.6 Å². The molecule has 0 amide bonds. The topological polar surface area (TPSA) is 3.88 Å². The molecule has 5 rings (SSSR count). The highest BCUT2D eigenvalue weighted by atomic mass is 14.9. The zero-order valence-electron chi connectivity index (χ0n) is 18.7. The maximum atomic E-state index is 2.46. The Morgan fingerprint density at radius 3 is 2.27 bits per heavy atom. The van der Waals surface area contributed by atoms with Gasteiger partial charge in [-0.05, 0) is 83.4 Å². The fraction of sp³-hybridized carbons (Fsp3) is 0.345. The van der Waals surface area contributed by atoms with Crippen LogP contribution in [0.4, 0.5) is 0 Å². The average Bonchev–Trinajstić information content (AvgIpc) is 2.73. The molecule has 0 aliphatic heterocycles. The Kier molecular flexibility index (Phi) is 4.65. The van der Waals surface area contributed by atoms with Crippen molar-refractivity contribution in [1.82, 2.24) is 0 Å². The molecule has 0 radical (unpaired) electrons. The zero-order valence-corrected chi connectivity index (χ0v) is 18.7. The summed E-state index contributed by atoms with van der Waals surface area (Å²) >= 11 is 0. The number of rotatable bonds is 2. The quantitative estimate of drug-likeness (QED) is 0.310. The summed E-state index contributed by atoms with van der Waals surface area (Å²) in [5, 5.41) is 5.32. The van der Waals surface area contributed by atoms with Crippen LogP contribution in [0.25, 0.3) is 32.8 Å². The molecule has 0 N–H and O–H groups in total. The van der Waals surface area contributed by atoms with Crippen LogP contribution < -0.4 is 4.57 Å². The fourth-order valence-electron chi connectivity index (χ4n) is 5.32. The van der Waals surface area contributed by atoms with E-state index >= 15 is 0 Å². The molecule has 1 saturated carbocycles. The van der Waals surface area contributed by atoms with Crippen molar-refractivity contribution in [2.75, 3.05) is 0 Å². The Labute approximate surface area is 180 Å². The largest absolute Gasteiger partial charge is 0.220 e. The third kappa shape index (κ3) is 3.41. The Hall–Kier alpha value is -2.67. The van der Waals surface area contributed by atoms with Crippen LogP contribution in [0.3, 0.4) is 0 Å². The number of hydrogen-bond donors (Lipinski definition) is 0. The lowest BCUT2D eigenvalue weighted by molar-refractivity contribution is -0.659. The standard InChI is InChI=1S/C29H32N/c1-20-17-22-7-5-6-8-23(22)19-27(20)28-26-10-9-24(18-25(26)13-16-30(28)4)21-11-14-29(2,3)15-12-21/h5-10,13,16-19,21H,11-12,14-15H2,1-4H3/q+1. The minimum Gasteiger partial charge on any atom is -0.200 e. The summed E-state index contributed by atoms with van der Waals surface area (Å²) in [5.41, 5.74) is 6.01. The SMILES string of the molecule is Cc1cc2ccccc2cc1-c1c2ccc(C3CCC(C)(C)CC3)cc2cc[n+]1C. The molecule has 1 heteroatoms. The van der Waals surface area contributed by atoms with Crippen molar-refractivity contribution in [2.24, 2.45) is 12.5 Å². The van der Waals surface area contributed by atoms with Gasteiger partial charge in [-0.3, -0.25) is 0 Å². The molecule has 3 aromatic carbocycles. The van der Waals surface area contributed by atoms with Gasteiger partial charge in [-0.2, -0.15) is 0 Å². The van der Waals surface area contributed by atoms with Crippen molar-refractivity contribution in [2.45, 2.75) is 52.4 Å². The van der Waals surface area contributed by atoms with Gasteiger partial charge in [0.25, 0.3) is 0 Å². The molecular formula is C29H32N+. The van der Waals surface area contributed by atoms with Crippen molar-refractivity contribution in [1.29, 1.82) is 0 Å². The van der Waals surface area contributed by atoms with Crippen molar-refractivity contribution in [3.63, 3.8) is 0 Å². The predicted molar refractivity (Wildman–Crippen MR) is 128 cm³/mol. The second-order valence-corrected chi connectivity index (χ2v) is 10.1. The van der Waals surface area contributed by atoms with Crippen molar-refractivity contribution < 1.29 is 4.57 Å². The average molecular weight is 395 g/mol. The van der Waals surface area contributed by atoms with Crippen LogP contribution in [0.2, 0.25) is 0 Å². The van der Waals surface area contributed by atoms with E-state index in [0.717, 1.165) is 0 Å². The molecule has 1 nitrogen and oxygen atoms in total. The van der Waals surface area contributed by atoms with E-state index in [9.17, 15) is 0 Å². The highest BCUT2D eigenvalue weighted by molar-refractivity contribution is 5.97. The third-order valence-corrected chi connectivity index (χ3v) is 7.32. The number of pyridine rings is 1. The molecule has 1 heterocycles. The number of nitrogens with zero attached hydrogens (tertiary/aromatic N) is 1. The van der Waals surface area contributed by atoms with Gasteiger partial charge in [0.15, 0.2) is 6.20 Å². The Morgan fingerprint density at radius 1 is 0.833 bits per heavy atom. The minimum absolute atomic E-state index is 0.516. The van der Waals surface area contributed by atoms with Crippen LogP contribution in [-0.4, -0.2) is 0 Å². The molecular weight excluding hydrogens is 362 g/mol. The molecule has 0 saturated heterocycles. The lowest BCUT2D eigenvalue weighted by atomic mass is 9.71. The fourth-order valence-corrected chi connectivity index (χ4v) is 5.32. The second kappa shape index (κ2) is 7.23. The van der Waals surface area contributed by atoms with E-state index in [2.05, 4.69) is 99.2 Å². The first-order valence-electron chi connectivity index (χ1n) is 11.3. The molecule has 0 spiro atoms. The highest BCUT2D eigenvalue weighted by Gasteiger charge is 2.28. The first-order chi connectivity index (χ1) is 14.4. The molecule has 1 aliphatic carbocycles. The Balaban J connectivity index is 1.61. The van der Waals surface area contributed by atoms with Crippen LogP contribution in [-0.2, 0) is 7.05 Å². The first-order valence-corrected chi connectivity index (χ1v) is 11.3. The van der Waals surface area contributed by atoms with Crippen LogP contribution in [0.15, 0.2) is 66.9 Å². The molecule has 0 atom stereocenters. The van der Waals surface area contributed by atoms with Gasteiger partial charge in [0, 0.05) is 6.07 Å². The van der Waals surface area contributed by atoms with Crippen molar-refractivity contribution in [3.8, 4) is 11.3 Å². The number of aromatic nitrogens is 1. The van der Waals surface area contributed by atoms with Crippen molar-refractivity contribution >= 4 is 21.5 Å². The smallest absolute Gasteiger partial charge is 0.200 e. The van der Waals surface area contributed by atoms with Gasteiger partial charge in [0.05, 0.1) is 10.9 Å². The first kappa shape index (κ1) is 19.3. The highest BCUT2D eigenvalue weighted by Crippen LogP contribution is 2.43. The molecule has 1 aromatic heterocycles. The van der Waals surface area contributed by atoms with E-state index < -0.39 is 0 Å². The monoisotopic (exact) mass is 394 g/mol. The maximum absolute atomic E-state index is 2.46. The molecule has 30 heavy (non-hydrogen) atoms. The number of fused-ring (bicyclic) bond motifs is 2. The van der Waals surface area contributed by atoms with Gasteiger partial charge < -0.3 is 0 Å². The van der Waals surface area contributed by atoms with E-state index in [4.69, 9.17) is 0 Å². The predicted octanol–water partition coefficient (Wildman–Crippen LogP) is 7.48. The number of benzene rings is 3. The minimum atomic E-state index is 0.516. The molecule has 152 valence electrons. The normalized spacial score (nSPS) is 16.9. The summed E-state index contributed by atoms with van der Waals surface area (Å²) in [7, 11) is 2.17. The van der Waals surface area contributed by atoms with E-state index in [0.29, 0.717) is 11.3 Å². The summed E-state index contributed by atoms with van der Waals surface area (Å²) in [6.45, 7) is 7.07. The molecule has 4 aromatic rings. The van der Waals surface area contributed by atoms with Gasteiger partial charge in [0.2, 0.25) is 5.69 Å². The zero-order chi connectivity index (χ0) is 20.9. The summed E-state index contributed by atoms with van der Waals surface area (Å²) in [6, 6.07) is 22.8. The number of hydrogen-bond acceptors (Lipinski definition) is 0. The summed E-state index contributed by atoms with van der Waals surface area (Å²) in [4.78, 5) is 0. The van der Waals surface area contributed by atoms with E-state index in [-0.39, 0.29) is 0 Å². The van der Waals surface area contributed by atoms with E-state index in [1.165, 1.54) is 69.6 Å². The summed E-state index contributed by atoms with van der Waals surface area (Å²) in [5.74, 6) is 0.710. The van der Waals surface area contributed by atoms with Gasteiger partial charge in [-0.1, -0.05) is 56.3 Å². The third-order valence-electron chi connectivity index (χ3n) is 7.32. The maximum Gasteiger partial charge on any atom is 0.220 e. The van der Waals surface area contributed by atoms with E-state index in [1.807, 2.05) is 0 Å². The summed E-state index contributed by atoms with van der Waals surface area (Å²) in [6.07, 6.45) is 7.52. The molecule has 0 bridgehead atoms. The lowest BCUT2D eigenvalue weighted by Gasteiger charge is -2.34. The van der Waals surface area contributed by atoms with Gasteiger partial charge >= 0.3 is 0 Å². The lowest BCUT2D eigenvalue weighted by Crippen LogP contribution is -2.30. The van der Waals surface area contributed by atoms with Crippen LogP contribution >= 0.6 is 0 Å². The number of aryl methyl sites for hydroxylation is 2. The van der Waals surface area contributed by atoms with Gasteiger partial charge in [-0.15, -0.1) is 0 Å².